The van der Waals surface area contributed by atoms with Crippen molar-refractivity contribution in [3.05, 3.63) is 12.2 Å². The zero-order valence-electron chi connectivity index (χ0n) is 18.1. The third kappa shape index (κ3) is 8.22. The van der Waals surface area contributed by atoms with Crippen molar-refractivity contribution < 1.29 is 23.7 Å². The van der Waals surface area contributed by atoms with Crippen LogP contribution in [-0.4, -0.2) is 43.8 Å². The molecule has 0 aromatic carbocycles. The van der Waals surface area contributed by atoms with Gasteiger partial charge in [-0.1, -0.05) is 26.3 Å². The number of ether oxygens (including phenoxy) is 4. The summed E-state index contributed by atoms with van der Waals surface area (Å²) in [5, 5.41) is 0. The Kier molecular flexibility index (Phi) is 10.5. The highest BCUT2D eigenvalue weighted by Crippen LogP contribution is 2.34. The maximum atomic E-state index is 11.3. The SMILES string of the molecule is C=C(C)C(=O)OCCCCCCOC1CCCC(C2OC(C)CC(CC)O2)C1. The summed E-state index contributed by atoms with van der Waals surface area (Å²) in [6.07, 6.45) is 11.6. The summed E-state index contributed by atoms with van der Waals surface area (Å²) in [5.74, 6) is 0.166. The van der Waals surface area contributed by atoms with Crippen molar-refractivity contribution in [3.8, 4) is 0 Å². The highest BCUT2D eigenvalue weighted by molar-refractivity contribution is 5.86. The summed E-state index contributed by atoms with van der Waals surface area (Å²) in [6.45, 7) is 10.9. The van der Waals surface area contributed by atoms with Gasteiger partial charge in [0.05, 0.1) is 24.9 Å². The molecule has 28 heavy (non-hydrogen) atoms. The maximum absolute atomic E-state index is 11.3. The van der Waals surface area contributed by atoms with Gasteiger partial charge in [0.1, 0.15) is 0 Å². The average Bonchev–Trinajstić information content (AvgIpc) is 2.69. The first-order valence-corrected chi connectivity index (χ1v) is 11.2. The molecule has 1 aliphatic carbocycles. The minimum Gasteiger partial charge on any atom is -0.462 e. The van der Waals surface area contributed by atoms with E-state index in [0.29, 0.717) is 36.4 Å². The molecule has 5 unspecified atom stereocenters. The highest BCUT2D eigenvalue weighted by atomic mass is 16.7. The van der Waals surface area contributed by atoms with Gasteiger partial charge in [-0.05, 0) is 65.2 Å². The molecular formula is C23H40O5. The minimum absolute atomic E-state index is 0.0537. The van der Waals surface area contributed by atoms with Gasteiger partial charge in [0.2, 0.25) is 0 Å². The second-order valence-corrected chi connectivity index (χ2v) is 8.47. The molecule has 162 valence electrons. The molecule has 1 saturated heterocycles. The standard InChI is InChI=1S/C23H40O5/c1-5-20-15-18(4)27-23(28-20)19-11-10-12-21(16-19)25-13-8-6-7-9-14-26-22(24)17(2)3/h18-21,23H,2,5-16H2,1,3-4H3. The molecule has 1 saturated carbocycles. The Hall–Kier alpha value is -0.910. The lowest BCUT2D eigenvalue weighted by Crippen LogP contribution is -2.43. The smallest absolute Gasteiger partial charge is 0.333 e. The van der Waals surface area contributed by atoms with E-state index in [-0.39, 0.29) is 12.3 Å². The number of esters is 1. The van der Waals surface area contributed by atoms with Gasteiger partial charge in [0.25, 0.3) is 0 Å². The fourth-order valence-electron chi connectivity index (χ4n) is 4.09. The van der Waals surface area contributed by atoms with Crippen molar-refractivity contribution in [2.75, 3.05) is 13.2 Å². The minimum atomic E-state index is -0.291. The molecule has 0 amide bonds. The van der Waals surface area contributed by atoms with Crippen LogP contribution in [0.15, 0.2) is 12.2 Å². The molecule has 2 fully saturated rings. The monoisotopic (exact) mass is 396 g/mol. The predicted octanol–water partition coefficient (Wildman–Crippen LogP) is 5.17. The highest BCUT2D eigenvalue weighted by Gasteiger charge is 2.35. The lowest BCUT2D eigenvalue weighted by atomic mass is 9.86. The molecule has 0 N–H and O–H groups in total. The summed E-state index contributed by atoms with van der Waals surface area (Å²) in [6, 6.07) is 0. The normalized spacial score (nSPS) is 30.8. The molecule has 2 rings (SSSR count). The Labute approximate surface area is 171 Å². The molecular weight excluding hydrogens is 356 g/mol. The molecule has 0 aromatic heterocycles. The van der Waals surface area contributed by atoms with Gasteiger partial charge in [-0.2, -0.15) is 0 Å². The van der Waals surface area contributed by atoms with Crippen molar-refractivity contribution in [3.63, 3.8) is 0 Å². The molecule has 0 aromatic rings. The van der Waals surface area contributed by atoms with E-state index in [1.807, 2.05) is 0 Å². The van der Waals surface area contributed by atoms with E-state index in [0.717, 1.165) is 58.0 Å². The first-order valence-electron chi connectivity index (χ1n) is 11.2. The van der Waals surface area contributed by atoms with Crippen molar-refractivity contribution in [1.82, 2.24) is 0 Å². The largest absolute Gasteiger partial charge is 0.462 e. The third-order valence-electron chi connectivity index (χ3n) is 5.77. The number of carbonyl (C=O) groups is 1. The molecule has 0 radical (unpaired) electrons. The Balaban J connectivity index is 1.56. The van der Waals surface area contributed by atoms with Gasteiger partial charge in [-0.15, -0.1) is 0 Å². The van der Waals surface area contributed by atoms with Crippen LogP contribution >= 0.6 is 0 Å². The van der Waals surface area contributed by atoms with E-state index in [1.54, 1.807) is 6.92 Å². The van der Waals surface area contributed by atoms with Gasteiger partial charge in [-0.25, -0.2) is 4.79 Å². The van der Waals surface area contributed by atoms with Crippen molar-refractivity contribution >= 4 is 5.97 Å². The van der Waals surface area contributed by atoms with Crippen LogP contribution in [-0.2, 0) is 23.7 Å². The first-order chi connectivity index (χ1) is 13.5. The summed E-state index contributed by atoms with van der Waals surface area (Å²) in [7, 11) is 0. The first kappa shape index (κ1) is 23.4. The van der Waals surface area contributed by atoms with Gasteiger partial charge < -0.3 is 18.9 Å². The van der Waals surface area contributed by atoms with Crippen LogP contribution in [0.2, 0.25) is 0 Å². The zero-order valence-corrected chi connectivity index (χ0v) is 18.1. The van der Waals surface area contributed by atoms with Crippen LogP contribution in [0.5, 0.6) is 0 Å². The number of hydrogen-bond acceptors (Lipinski definition) is 5. The Morgan fingerprint density at radius 2 is 1.82 bits per heavy atom. The predicted molar refractivity (Wildman–Crippen MR) is 110 cm³/mol. The third-order valence-corrected chi connectivity index (χ3v) is 5.77. The quantitative estimate of drug-likeness (QED) is 0.274. The lowest BCUT2D eigenvalue weighted by molar-refractivity contribution is -0.266. The van der Waals surface area contributed by atoms with Crippen LogP contribution < -0.4 is 0 Å². The molecule has 5 heteroatoms. The second kappa shape index (κ2) is 12.6. The average molecular weight is 397 g/mol. The van der Waals surface area contributed by atoms with Crippen LogP contribution in [0.4, 0.5) is 0 Å². The second-order valence-electron chi connectivity index (χ2n) is 8.47. The molecule has 1 aliphatic heterocycles. The van der Waals surface area contributed by atoms with Crippen molar-refractivity contribution in [2.24, 2.45) is 5.92 Å². The molecule has 0 spiro atoms. The summed E-state index contributed by atoms with van der Waals surface area (Å²) >= 11 is 0. The van der Waals surface area contributed by atoms with Crippen LogP contribution in [0.25, 0.3) is 0 Å². The zero-order chi connectivity index (χ0) is 20.4. The number of hydrogen-bond donors (Lipinski definition) is 0. The number of carbonyl (C=O) groups excluding carboxylic acids is 1. The maximum Gasteiger partial charge on any atom is 0.333 e. The van der Waals surface area contributed by atoms with Gasteiger partial charge in [-0.3, -0.25) is 0 Å². The lowest BCUT2D eigenvalue weighted by Gasteiger charge is -2.40. The van der Waals surface area contributed by atoms with Crippen molar-refractivity contribution in [2.45, 2.75) is 110 Å². The summed E-state index contributed by atoms with van der Waals surface area (Å²) in [4.78, 5) is 11.3. The van der Waals surface area contributed by atoms with Gasteiger partial charge in [0, 0.05) is 18.1 Å². The van der Waals surface area contributed by atoms with Gasteiger partial charge in [0.15, 0.2) is 6.29 Å². The Morgan fingerprint density at radius 3 is 2.54 bits per heavy atom. The van der Waals surface area contributed by atoms with Crippen LogP contribution in [0.1, 0.15) is 85.0 Å². The van der Waals surface area contributed by atoms with E-state index in [2.05, 4.69) is 20.4 Å². The molecule has 2 aliphatic rings. The van der Waals surface area contributed by atoms with Crippen molar-refractivity contribution in [1.29, 1.82) is 0 Å². The number of unbranched alkanes of at least 4 members (excludes halogenated alkanes) is 3. The van der Waals surface area contributed by atoms with E-state index in [9.17, 15) is 4.79 Å². The van der Waals surface area contributed by atoms with Crippen LogP contribution in [0.3, 0.4) is 0 Å². The molecule has 5 nitrogen and oxygen atoms in total. The molecule has 0 bridgehead atoms. The topological polar surface area (TPSA) is 54.0 Å². The van der Waals surface area contributed by atoms with Crippen LogP contribution in [0, 0.1) is 5.92 Å². The van der Waals surface area contributed by atoms with E-state index in [4.69, 9.17) is 18.9 Å². The van der Waals surface area contributed by atoms with Gasteiger partial charge >= 0.3 is 5.97 Å². The van der Waals surface area contributed by atoms with E-state index in [1.165, 1.54) is 12.8 Å². The van der Waals surface area contributed by atoms with E-state index < -0.39 is 0 Å². The fraction of sp³-hybridized carbons (Fsp3) is 0.870. The number of rotatable bonds is 11. The molecule has 5 atom stereocenters. The summed E-state index contributed by atoms with van der Waals surface area (Å²) in [5.41, 5.74) is 0.461. The Morgan fingerprint density at radius 1 is 1.07 bits per heavy atom. The summed E-state index contributed by atoms with van der Waals surface area (Å²) < 4.78 is 23.5. The van der Waals surface area contributed by atoms with E-state index >= 15 is 0 Å². The Bertz CT molecular complexity index is 478. The molecule has 1 heterocycles. The fourth-order valence-corrected chi connectivity index (χ4v) is 4.09.